The van der Waals surface area contributed by atoms with Crippen LogP contribution in [0, 0.1) is 13.8 Å². The number of nitrogens with zero attached hydrogens (tertiary/aromatic N) is 1. The second-order valence-corrected chi connectivity index (χ2v) is 9.46. The summed E-state index contributed by atoms with van der Waals surface area (Å²) in [5.41, 5.74) is 2.13. The van der Waals surface area contributed by atoms with Gasteiger partial charge in [-0.25, -0.2) is 8.42 Å². The van der Waals surface area contributed by atoms with Crippen molar-refractivity contribution < 1.29 is 17.9 Å². The minimum absolute atomic E-state index is 0.139. The van der Waals surface area contributed by atoms with Gasteiger partial charge in [0.15, 0.2) is 0 Å². The zero-order valence-corrected chi connectivity index (χ0v) is 18.1. The molecule has 1 N–H and O–H groups in total. The molecule has 0 saturated carbocycles. The van der Waals surface area contributed by atoms with Crippen molar-refractivity contribution in [1.82, 2.24) is 9.62 Å². The smallest absolute Gasteiger partial charge is 0.243 e. The van der Waals surface area contributed by atoms with E-state index in [0.717, 1.165) is 16.9 Å². The lowest BCUT2D eigenvalue weighted by Gasteiger charge is -2.23. The van der Waals surface area contributed by atoms with Gasteiger partial charge < -0.3 is 10.1 Å². The Morgan fingerprint density at radius 3 is 2.66 bits per heavy atom. The lowest BCUT2D eigenvalue weighted by Crippen LogP contribution is -2.46. The van der Waals surface area contributed by atoms with Gasteiger partial charge in [-0.15, -0.1) is 0 Å². The van der Waals surface area contributed by atoms with Gasteiger partial charge in [0.05, 0.1) is 11.4 Å². The predicted octanol–water partition coefficient (Wildman–Crippen LogP) is 3.31. The quantitative estimate of drug-likeness (QED) is 0.675. The standard InChI is InChI=1S/C21H25ClN2O4S/c1-15-5-6-16(2)20(14-15)28-13-11-23-21(25)19-4-3-12-24(19)29(26,27)18-9-7-17(22)8-10-18/h5-10,14,19H,3-4,11-13H2,1-2H3,(H,23,25)/t19-/m1/s1. The number of nitrogens with one attached hydrogen (secondary N) is 1. The first-order valence-corrected chi connectivity index (χ1v) is 11.4. The van der Waals surface area contributed by atoms with Crippen molar-refractivity contribution >= 4 is 27.5 Å². The van der Waals surface area contributed by atoms with E-state index in [9.17, 15) is 13.2 Å². The molecule has 1 aliphatic heterocycles. The fraction of sp³-hybridized carbons (Fsp3) is 0.381. The average Bonchev–Trinajstić information content (AvgIpc) is 3.19. The maximum Gasteiger partial charge on any atom is 0.243 e. The van der Waals surface area contributed by atoms with Crippen LogP contribution in [-0.4, -0.2) is 44.4 Å². The number of carbonyl (C=O) groups excluding carboxylic acids is 1. The predicted molar refractivity (Wildman–Crippen MR) is 113 cm³/mol. The van der Waals surface area contributed by atoms with Crippen LogP contribution in [0.4, 0.5) is 0 Å². The Morgan fingerprint density at radius 1 is 1.21 bits per heavy atom. The lowest BCUT2D eigenvalue weighted by atomic mass is 10.1. The minimum Gasteiger partial charge on any atom is -0.491 e. The summed E-state index contributed by atoms with van der Waals surface area (Å²) in [6.07, 6.45) is 1.14. The Balaban J connectivity index is 1.58. The number of aryl methyl sites for hydroxylation is 2. The summed E-state index contributed by atoms with van der Waals surface area (Å²) >= 11 is 5.85. The van der Waals surface area contributed by atoms with E-state index in [4.69, 9.17) is 16.3 Å². The van der Waals surface area contributed by atoms with Crippen molar-refractivity contribution in [2.45, 2.75) is 37.6 Å². The molecule has 2 aromatic rings. The van der Waals surface area contributed by atoms with Gasteiger partial charge >= 0.3 is 0 Å². The zero-order chi connectivity index (χ0) is 21.0. The van der Waals surface area contributed by atoms with E-state index >= 15 is 0 Å². The Labute approximate surface area is 176 Å². The van der Waals surface area contributed by atoms with Crippen LogP contribution in [0.25, 0.3) is 0 Å². The molecule has 1 atom stereocenters. The fourth-order valence-corrected chi connectivity index (χ4v) is 5.13. The summed E-state index contributed by atoms with van der Waals surface area (Å²) in [6.45, 7) is 4.89. The van der Waals surface area contributed by atoms with Crippen LogP contribution in [0.2, 0.25) is 5.02 Å². The molecule has 1 amide bonds. The van der Waals surface area contributed by atoms with Crippen LogP contribution in [0.5, 0.6) is 5.75 Å². The molecular formula is C21H25ClN2O4S. The van der Waals surface area contributed by atoms with Crippen molar-refractivity contribution in [2.75, 3.05) is 19.7 Å². The van der Waals surface area contributed by atoms with Crippen molar-refractivity contribution in [3.63, 3.8) is 0 Å². The monoisotopic (exact) mass is 436 g/mol. The zero-order valence-electron chi connectivity index (χ0n) is 16.5. The Kier molecular flexibility index (Phi) is 6.82. The van der Waals surface area contributed by atoms with Gasteiger partial charge in [0.25, 0.3) is 0 Å². The topological polar surface area (TPSA) is 75.7 Å². The maximum absolute atomic E-state index is 12.9. The lowest BCUT2D eigenvalue weighted by molar-refractivity contribution is -0.124. The molecule has 0 unspecified atom stereocenters. The number of hydrogen-bond acceptors (Lipinski definition) is 4. The minimum atomic E-state index is -3.75. The SMILES string of the molecule is Cc1ccc(C)c(OCCNC(=O)[C@H]2CCCN2S(=O)(=O)c2ccc(Cl)cc2)c1. The fourth-order valence-electron chi connectivity index (χ4n) is 3.35. The van der Waals surface area contributed by atoms with Gasteiger partial charge in [0.1, 0.15) is 18.4 Å². The normalized spacial score (nSPS) is 17.3. The number of amides is 1. The van der Waals surface area contributed by atoms with Crippen molar-refractivity contribution in [3.8, 4) is 5.75 Å². The maximum atomic E-state index is 12.9. The summed E-state index contributed by atoms with van der Waals surface area (Å²) in [5.74, 6) is 0.483. The van der Waals surface area contributed by atoms with Gasteiger partial charge in [0.2, 0.25) is 15.9 Å². The highest BCUT2D eigenvalue weighted by molar-refractivity contribution is 7.89. The molecule has 2 aromatic carbocycles. The molecule has 3 rings (SSSR count). The van der Waals surface area contributed by atoms with Gasteiger partial charge in [0, 0.05) is 11.6 Å². The molecule has 1 saturated heterocycles. The Hall–Kier alpha value is -2.09. The summed E-state index contributed by atoms with van der Waals surface area (Å²) in [7, 11) is -3.75. The summed E-state index contributed by atoms with van der Waals surface area (Å²) < 4.78 is 32.9. The number of sulfonamides is 1. The molecule has 156 valence electrons. The van der Waals surface area contributed by atoms with Gasteiger partial charge in [-0.2, -0.15) is 4.31 Å². The molecule has 29 heavy (non-hydrogen) atoms. The number of carbonyl (C=O) groups is 1. The summed E-state index contributed by atoms with van der Waals surface area (Å²) in [5, 5.41) is 3.26. The molecule has 8 heteroatoms. The van der Waals surface area contributed by atoms with Crippen LogP contribution in [0.3, 0.4) is 0 Å². The number of halogens is 1. The molecule has 0 aliphatic carbocycles. The van der Waals surface area contributed by atoms with E-state index in [0.29, 0.717) is 37.6 Å². The third kappa shape index (κ3) is 5.10. The van der Waals surface area contributed by atoms with Gasteiger partial charge in [-0.05, 0) is 68.1 Å². The average molecular weight is 437 g/mol. The van der Waals surface area contributed by atoms with Gasteiger partial charge in [-0.3, -0.25) is 4.79 Å². The van der Waals surface area contributed by atoms with E-state index in [1.807, 2.05) is 32.0 Å². The molecule has 0 radical (unpaired) electrons. The molecule has 0 aromatic heterocycles. The first kappa shape index (κ1) is 21.6. The van der Waals surface area contributed by atoms with E-state index in [-0.39, 0.29) is 10.8 Å². The first-order valence-electron chi connectivity index (χ1n) is 9.54. The first-order chi connectivity index (χ1) is 13.8. The molecule has 1 fully saturated rings. The second kappa shape index (κ2) is 9.15. The van der Waals surface area contributed by atoms with E-state index in [2.05, 4.69) is 5.32 Å². The molecular weight excluding hydrogens is 412 g/mol. The number of rotatable bonds is 7. The highest BCUT2D eigenvalue weighted by Gasteiger charge is 2.39. The van der Waals surface area contributed by atoms with Crippen molar-refractivity contribution in [2.24, 2.45) is 0 Å². The van der Waals surface area contributed by atoms with E-state index in [1.165, 1.54) is 28.6 Å². The highest BCUT2D eigenvalue weighted by atomic mass is 35.5. The molecule has 0 spiro atoms. The molecule has 0 bridgehead atoms. The van der Waals surface area contributed by atoms with Crippen LogP contribution < -0.4 is 10.1 Å². The highest BCUT2D eigenvalue weighted by Crippen LogP contribution is 2.27. The van der Waals surface area contributed by atoms with Gasteiger partial charge in [-0.1, -0.05) is 23.7 Å². The second-order valence-electron chi connectivity index (χ2n) is 7.14. The van der Waals surface area contributed by atoms with Crippen molar-refractivity contribution in [3.05, 3.63) is 58.6 Å². The summed E-state index contributed by atoms with van der Waals surface area (Å²) in [4.78, 5) is 12.8. The van der Waals surface area contributed by atoms with Crippen LogP contribution in [0.15, 0.2) is 47.4 Å². The van der Waals surface area contributed by atoms with Crippen LogP contribution in [0.1, 0.15) is 24.0 Å². The molecule has 1 heterocycles. The largest absolute Gasteiger partial charge is 0.491 e. The van der Waals surface area contributed by atoms with Crippen LogP contribution >= 0.6 is 11.6 Å². The summed E-state index contributed by atoms with van der Waals surface area (Å²) in [6, 6.07) is 11.2. The van der Waals surface area contributed by atoms with E-state index in [1.54, 1.807) is 0 Å². The number of ether oxygens (including phenoxy) is 1. The number of hydrogen-bond donors (Lipinski definition) is 1. The molecule has 1 aliphatic rings. The van der Waals surface area contributed by atoms with Crippen molar-refractivity contribution in [1.29, 1.82) is 0 Å². The Bertz CT molecular complexity index is 977. The third-order valence-corrected chi connectivity index (χ3v) is 7.10. The number of benzene rings is 2. The third-order valence-electron chi connectivity index (χ3n) is 4.93. The molecule has 6 nitrogen and oxygen atoms in total. The van der Waals surface area contributed by atoms with Crippen LogP contribution in [-0.2, 0) is 14.8 Å². The van der Waals surface area contributed by atoms with E-state index < -0.39 is 16.1 Å². The Morgan fingerprint density at radius 2 is 1.93 bits per heavy atom.